The van der Waals surface area contributed by atoms with E-state index in [1.165, 1.54) is 19.3 Å². The van der Waals surface area contributed by atoms with Gasteiger partial charge in [0.2, 0.25) is 0 Å². The first-order valence-electron chi connectivity index (χ1n) is 18.5. The van der Waals surface area contributed by atoms with Crippen molar-refractivity contribution in [1.29, 1.82) is 0 Å². The van der Waals surface area contributed by atoms with Gasteiger partial charge in [0.15, 0.2) is 0 Å². The third-order valence-corrected chi connectivity index (χ3v) is 11.2. The molecule has 7 N–H and O–H groups in total. The van der Waals surface area contributed by atoms with E-state index in [-0.39, 0.29) is 36.2 Å². The van der Waals surface area contributed by atoms with E-state index in [4.69, 9.17) is 5.73 Å². The fourth-order valence-corrected chi connectivity index (χ4v) is 8.62. The minimum Gasteiger partial charge on any atom is -0.668 e. The molecule has 0 aromatic carbocycles. The van der Waals surface area contributed by atoms with E-state index < -0.39 is 23.6 Å². The van der Waals surface area contributed by atoms with Gasteiger partial charge < -0.3 is 36.5 Å². The SMILES string of the molecule is CCCCC[C@@H]1C=C[C@@H](CCCCC[C@H](C(=O)O)[C@H](O)C[C@@H](CNC)[C@]2(O)C[C@H](Cc3ccnc(N)c3)C[C@H]2Cc2ccc[n-]2)[C@H](O)C1. The molecule has 1 saturated carbocycles. The summed E-state index contributed by atoms with van der Waals surface area (Å²) in [7, 11) is 1.84. The molecule has 2 aromatic heterocycles. The Hall–Kier alpha value is -2.72. The van der Waals surface area contributed by atoms with Crippen molar-refractivity contribution in [2.24, 2.45) is 35.5 Å². The molecule has 1 fully saturated rings. The molecule has 9 atom stereocenters. The molecule has 0 radical (unpaired) electrons. The fourth-order valence-electron chi connectivity index (χ4n) is 8.62. The molecular formula is C39H61N4O5-. The number of pyridine rings is 1. The molecule has 268 valence electrons. The largest absolute Gasteiger partial charge is 0.668 e. The number of aliphatic hydroxyl groups excluding tert-OH is 2. The van der Waals surface area contributed by atoms with Gasteiger partial charge in [0.25, 0.3) is 0 Å². The average molecular weight is 666 g/mol. The van der Waals surface area contributed by atoms with Gasteiger partial charge in [-0.1, -0.05) is 69.7 Å². The second-order valence-electron chi connectivity index (χ2n) is 14.9. The van der Waals surface area contributed by atoms with Crippen molar-refractivity contribution in [2.75, 3.05) is 19.3 Å². The van der Waals surface area contributed by atoms with E-state index in [0.717, 1.165) is 56.2 Å². The van der Waals surface area contributed by atoms with E-state index in [2.05, 4.69) is 34.4 Å². The number of nitrogens with one attached hydrogen (secondary N) is 1. The Morgan fingerprint density at radius 2 is 1.94 bits per heavy atom. The Bertz CT molecular complexity index is 1250. The predicted octanol–water partition coefficient (Wildman–Crippen LogP) is 5.53. The number of nitrogen functional groups attached to an aromatic ring is 1. The van der Waals surface area contributed by atoms with Gasteiger partial charge in [-0.15, -0.1) is 0 Å². The van der Waals surface area contributed by atoms with Crippen LogP contribution in [-0.4, -0.2) is 62.8 Å². The quantitative estimate of drug-likeness (QED) is 0.0743. The van der Waals surface area contributed by atoms with Crippen molar-refractivity contribution < 1.29 is 25.2 Å². The Kier molecular flexibility index (Phi) is 15.0. The summed E-state index contributed by atoms with van der Waals surface area (Å²) in [6.07, 6.45) is 18.9. The maximum absolute atomic E-state index is 12.5. The third kappa shape index (κ3) is 10.9. The van der Waals surface area contributed by atoms with Crippen LogP contribution in [0.4, 0.5) is 5.82 Å². The van der Waals surface area contributed by atoms with Gasteiger partial charge in [-0.05, 0) is 100 Å². The van der Waals surface area contributed by atoms with Crippen LogP contribution < -0.4 is 16.0 Å². The van der Waals surface area contributed by atoms with Crippen LogP contribution in [0.5, 0.6) is 0 Å². The van der Waals surface area contributed by atoms with Crippen molar-refractivity contribution in [3.05, 3.63) is 60.1 Å². The lowest BCUT2D eigenvalue weighted by Gasteiger charge is -2.40. The summed E-state index contributed by atoms with van der Waals surface area (Å²) in [5.41, 5.74) is 6.86. The maximum Gasteiger partial charge on any atom is 0.309 e. The molecule has 9 nitrogen and oxygen atoms in total. The second kappa shape index (κ2) is 18.9. The number of aromatic nitrogens is 2. The smallest absolute Gasteiger partial charge is 0.309 e. The van der Waals surface area contributed by atoms with Crippen LogP contribution in [0.3, 0.4) is 0 Å². The molecule has 0 spiro atoms. The van der Waals surface area contributed by atoms with E-state index in [1.807, 2.05) is 31.3 Å². The highest BCUT2D eigenvalue weighted by atomic mass is 16.4. The Morgan fingerprint density at radius 1 is 1.12 bits per heavy atom. The van der Waals surface area contributed by atoms with E-state index >= 15 is 0 Å². The lowest BCUT2D eigenvalue weighted by Crippen LogP contribution is -2.48. The number of carbonyl (C=O) groups is 1. The first-order chi connectivity index (χ1) is 23.1. The number of carboxylic acid groups (broad SMARTS) is 1. The molecular weight excluding hydrogens is 604 g/mol. The summed E-state index contributed by atoms with van der Waals surface area (Å²) >= 11 is 0. The first kappa shape index (κ1) is 38.1. The van der Waals surface area contributed by atoms with Crippen LogP contribution in [-0.2, 0) is 17.6 Å². The molecule has 48 heavy (non-hydrogen) atoms. The zero-order chi connectivity index (χ0) is 34.5. The van der Waals surface area contributed by atoms with Crippen LogP contribution in [0, 0.1) is 35.5 Å². The zero-order valence-corrected chi connectivity index (χ0v) is 29.2. The highest BCUT2D eigenvalue weighted by Crippen LogP contribution is 2.48. The van der Waals surface area contributed by atoms with Gasteiger partial charge >= 0.3 is 5.97 Å². The maximum atomic E-state index is 12.5. The summed E-state index contributed by atoms with van der Waals surface area (Å²) < 4.78 is 0. The molecule has 0 aliphatic heterocycles. The van der Waals surface area contributed by atoms with Crippen LogP contribution in [0.15, 0.2) is 48.8 Å². The Balaban J connectivity index is 1.34. The van der Waals surface area contributed by atoms with E-state index in [1.54, 1.807) is 12.4 Å². The fraction of sp³-hybridized carbons (Fsp3) is 0.692. The number of rotatable bonds is 21. The number of unbranched alkanes of at least 4 members (excludes halogenated alkanes) is 4. The number of anilines is 1. The Morgan fingerprint density at radius 3 is 2.62 bits per heavy atom. The lowest BCUT2D eigenvalue weighted by atomic mass is 9.73. The molecule has 0 bridgehead atoms. The van der Waals surface area contributed by atoms with Crippen molar-refractivity contribution >= 4 is 11.8 Å². The van der Waals surface area contributed by atoms with Gasteiger partial charge in [0.05, 0.1) is 23.7 Å². The number of carboxylic acids is 1. The average Bonchev–Trinajstić information content (AvgIpc) is 3.67. The highest BCUT2D eigenvalue weighted by Gasteiger charge is 2.51. The first-order valence-corrected chi connectivity index (χ1v) is 18.5. The lowest BCUT2D eigenvalue weighted by molar-refractivity contribution is -0.148. The minimum atomic E-state index is -1.10. The van der Waals surface area contributed by atoms with Crippen LogP contribution in [0.2, 0.25) is 0 Å². The van der Waals surface area contributed by atoms with Crippen molar-refractivity contribution in [2.45, 2.75) is 121 Å². The number of nitrogens with zero attached hydrogens (tertiary/aromatic N) is 2. The van der Waals surface area contributed by atoms with Gasteiger partial charge in [-0.2, -0.15) is 11.9 Å². The highest BCUT2D eigenvalue weighted by molar-refractivity contribution is 5.70. The summed E-state index contributed by atoms with van der Waals surface area (Å²) in [5.74, 6) is -0.989. The molecule has 2 heterocycles. The summed E-state index contributed by atoms with van der Waals surface area (Å²) in [4.78, 5) is 21.0. The molecule has 9 heteroatoms. The van der Waals surface area contributed by atoms with Crippen LogP contribution in [0.1, 0.15) is 102 Å². The third-order valence-electron chi connectivity index (χ3n) is 11.2. The number of aliphatic hydroxyl groups is 3. The summed E-state index contributed by atoms with van der Waals surface area (Å²) in [5, 5.41) is 48.0. The number of allylic oxidation sites excluding steroid dienone is 1. The molecule has 2 aliphatic rings. The van der Waals surface area contributed by atoms with Crippen molar-refractivity contribution in [1.82, 2.24) is 15.3 Å². The van der Waals surface area contributed by atoms with Gasteiger partial charge in [-0.25, -0.2) is 4.98 Å². The number of aliphatic carboxylic acids is 1. The van der Waals surface area contributed by atoms with Crippen molar-refractivity contribution in [3.63, 3.8) is 0 Å². The van der Waals surface area contributed by atoms with E-state index in [9.17, 15) is 25.2 Å². The van der Waals surface area contributed by atoms with Crippen LogP contribution >= 0.6 is 0 Å². The van der Waals surface area contributed by atoms with Crippen molar-refractivity contribution in [3.8, 4) is 0 Å². The Labute approximate surface area is 287 Å². The monoisotopic (exact) mass is 665 g/mol. The number of hydrogen-bond acceptors (Lipinski definition) is 7. The normalized spacial score (nSPS) is 27.6. The summed E-state index contributed by atoms with van der Waals surface area (Å²) in [6.45, 7) is 2.68. The molecule has 0 amide bonds. The van der Waals surface area contributed by atoms with E-state index in [0.29, 0.717) is 44.0 Å². The molecule has 0 saturated heterocycles. The molecule has 0 unspecified atom stereocenters. The van der Waals surface area contributed by atoms with Gasteiger partial charge in [-0.3, -0.25) is 4.79 Å². The number of nitrogens with two attached hydrogens (primary N) is 1. The molecule has 2 aliphatic carbocycles. The molecule has 2 aromatic rings. The van der Waals surface area contributed by atoms with Gasteiger partial charge in [0.1, 0.15) is 5.82 Å². The topological polar surface area (TPSA) is 163 Å². The summed E-state index contributed by atoms with van der Waals surface area (Å²) in [6, 6.07) is 7.74. The zero-order valence-electron chi connectivity index (χ0n) is 29.2. The van der Waals surface area contributed by atoms with Crippen LogP contribution in [0.25, 0.3) is 0 Å². The molecule has 4 rings (SSSR count). The second-order valence-corrected chi connectivity index (χ2v) is 14.9. The van der Waals surface area contributed by atoms with Gasteiger partial charge in [0, 0.05) is 24.6 Å². The standard InChI is InChI=1S/C39H61N4O5/c1-3-4-6-10-27-14-15-30(35(44)21-27)11-7-5-8-13-34(38(46)47)36(45)24-32(26-41-2)39(48)25-29(19-28-16-18-43-37(40)22-28)20-31(39)23-33-12-9-17-42-33/h9,12,14-18,22,27,29-32,34-36,41,44-45,48H,3-8,10-11,13,19-21,23-26H2,1-2H3,(H2,40,43)(H,46,47)/q-1/t27-,29-,30-,31+,32+,34+,35-,36-,39+/m1/s1. The minimum absolute atomic E-state index is 0.0822. The predicted molar refractivity (Wildman–Crippen MR) is 190 cm³/mol. The number of hydrogen-bond donors (Lipinski definition) is 6.